The van der Waals surface area contributed by atoms with E-state index in [0.717, 1.165) is 10.6 Å². The molecule has 2 heterocycles. The van der Waals surface area contributed by atoms with Crippen molar-refractivity contribution in [2.24, 2.45) is 0 Å². The fourth-order valence-electron chi connectivity index (χ4n) is 2.57. The van der Waals surface area contributed by atoms with Gasteiger partial charge in [-0.3, -0.25) is 4.98 Å². The largest absolute Gasteiger partial charge is 0.455 e. The number of benzene rings is 2. The number of aromatic nitrogens is 2. The molecule has 0 amide bonds. The van der Waals surface area contributed by atoms with Crippen LogP contribution in [0.5, 0.6) is 11.5 Å². The predicted molar refractivity (Wildman–Crippen MR) is 107 cm³/mol. The van der Waals surface area contributed by atoms with Gasteiger partial charge in [-0.1, -0.05) is 12.1 Å². The van der Waals surface area contributed by atoms with Crippen LogP contribution in [0.1, 0.15) is 16.1 Å². The van der Waals surface area contributed by atoms with Gasteiger partial charge in [0.1, 0.15) is 34.5 Å². The number of carbonyl (C=O) groups excluding carboxylic acids is 1. The first-order chi connectivity index (χ1) is 14.2. The van der Waals surface area contributed by atoms with Crippen molar-refractivity contribution < 1.29 is 18.7 Å². The summed E-state index contributed by atoms with van der Waals surface area (Å²) < 4.78 is 24.2. The smallest absolute Gasteiger partial charge is 0.342 e. The Bertz CT molecular complexity index is 1110. The van der Waals surface area contributed by atoms with Crippen LogP contribution in [0.2, 0.25) is 0 Å². The summed E-state index contributed by atoms with van der Waals surface area (Å²) in [6.07, 6.45) is 3.20. The highest BCUT2D eigenvalue weighted by atomic mass is 32.1. The molecule has 29 heavy (non-hydrogen) atoms. The normalized spacial score (nSPS) is 10.5. The molecule has 0 saturated heterocycles. The third-order valence-corrected chi connectivity index (χ3v) is 4.90. The summed E-state index contributed by atoms with van der Waals surface area (Å²) in [4.78, 5) is 21.0. The first kappa shape index (κ1) is 18.8. The Kier molecular flexibility index (Phi) is 5.58. The summed E-state index contributed by atoms with van der Waals surface area (Å²) in [5.74, 6) is 0.0967. The van der Waals surface area contributed by atoms with Gasteiger partial charge in [-0.25, -0.2) is 14.2 Å². The highest BCUT2D eigenvalue weighted by molar-refractivity contribution is 7.13. The summed E-state index contributed by atoms with van der Waals surface area (Å²) in [5, 5.41) is 2.54. The van der Waals surface area contributed by atoms with Crippen molar-refractivity contribution in [3.05, 3.63) is 95.5 Å². The molecule has 0 aliphatic rings. The van der Waals surface area contributed by atoms with Crippen LogP contribution in [0.3, 0.4) is 0 Å². The SMILES string of the molecule is O=C(OCc1csc(-c2ccc(F)cc2)n1)c1ccccc1Oc1cccnc1. The van der Waals surface area contributed by atoms with Crippen LogP contribution in [0, 0.1) is 5.82 Å². The minimum atomic E-state index is -0.513. The summed E-state index contributed by atoms with van der Waals surface area (Å²) >= 11 is 1.40. The van der Waals surface area contributed by atoms with Crippen molar-refractivity contribution in [2.75, 3.05) is 0 Å². The van der Waals surface area contributed by atoms with Crippen molar-refractivity contribution in [1.29, 1.82) is 0 Å². The Labute approximate surface area is 170 Å². The van der Waals surface area contributed by atoms with E-state index in [1.165, 1.54) is 23.5 Å². The van der Waals surface area contributed by atoms with Crippen molar-refractivity contribution in [2.45, 2.75) is 6.61 Å². The predicted octanol–water partition coefficient (Wildman–Crippen LogP) is 5.49. The van der Waals surface area contributed by atoms with Gasteiger partial charge in [0.25, 0.3) is 0 Å². The van der Waals surface area contributed by atoms with Gasteiger partial charge in [-0.05, 0) is 48.5 Å². The van der Waals surface area contributed by atoms with Crippen LogP contribution in [0.4, 0.5) is 4.39 Å². The summed E-state index contributed by atoms with van der Waals surface area (Å²) in [5.41, 5.74) is 1.74. The Morgan fingerprint density at radius 1 is 1.03 bits per heavy atom. The van der Waals surface area contributed by atoms with Gasteiger partial charge in [0.15, 0.2) is 0 Å². The van der Waals surface area contributed by atoms with E-state index in [9.17, 15) is 9.18 Å². The molecular weight excluding hydrogens is 391 g/mol. The number of pyridine rings is 1. The molecule has 0 atom stereocenters. The summed E-state index contributed by atoms with van der Waals surface area (Å²) in [6.45, 7) is 0.0256. The molecule has 144 valence electrons. The van der Waals surface area contributed by atoms with E-state index in [-0.39, 0.29) is 12.4 Å². The second-order valence-electron chi connectivity index (χ2n) is 6.01. The second-order valence-corrected chi connectivity index (χ2v) is 6.87. The van der Waals surface area contributed by atoms with E-state index >= 15 is 0 Å². The van der Waals surface area contributed by atoms with Crippen molar-refractivity contribution in [1.82, 2.24) is 9.97 Å². The van der Waals surface area contributed by atoms with Gasteiger partial charge >= 0.3 is 5.97 Å². The highest BCUT2D eigenvalue weighted by Gasteiger charge is 2.15. The highest BCUT2D eigenvalue weighted by Crippen LogP contribution is 2.27. The molecule has 0 radical (unpaired) electrons. The number of halogens is 1. The van der Waals surface area contributed by atoms with Gasteiger partial charge in [0, 0.05) is 17.1 Å². The van der Waals surface area contributed by atoms with E-state index < -0.39 is 5.97 Å². The lowest BCUT2D eigenvalue weighted by molar-refractivity contribution is 0.0465. The van der Waals surface area contributed by atoms with Gasteiger partial charge in [0.05, 0.1) is 11.9 Å². The third-order valence-electron chi connectivity index (χ3n) is 3.96. The molecule has 4 aromatic rings. The molecule has 7 heteroatoms. The molecule has 0 unspecified atom stereocenters. The van der Waals surface area contributed by atoms with E-state index in [2.05, 4.69) is 9.97 Å². The molecule has 2 aromatic carbocycles. The molecule has 0 aliphatic heterocycles. The van der Waals surface area contributed by atoms with E-state index in [1.54, 1.807) is 60.9 Å². The Morgan fingerprint density at radius 3 is 2.66 bits per heavy atom. The van der Waals surface area contributed by atoms with Crippen molar-refractivity contribution in [3.8, 4) is 22.1 Å². The van der Waals surface area contributed by atoms with E-state index in [0.29, 0.717) is 22.8 Å². The zero-order valence-electron chi connectivity index (χ0n) is 15.1. The maximum atomic E-state index is 13.1. The van der Waals surface area contributed by atoms with Crippen LogP contribution in [0.15, 0.2) is 78.4 Å². The van der Waals surface area contributed by atoms with Gasteiger partial charge in [-0.15, -0.1) is 11.3 Å². The standard InChI is InChI=1S/C22H15FN2O3S/c23-16-9-7-15(8-10-16)21-25-17(14-29-21)13-27-22(26)19-5-1-2-6-20(19)28-18-4-3-11-24-12-18/h1-12,14H,13H2. The third kappa shape index (κ3) is 4.64. The number of hydrogen-bond donors (Lipinski definition) is 0. The van der Waals surface area contributed by atoms with Crippen molar-refractivity contribution in [3.63, 3.8) is 0 Å². The number of para-hydroxylation sites is 1. The number of thiazole rings is 1. The number of nitrogens with zero attached hydrogens (tertiary/aromatic N) is 2. The van der Waals surface area contributed by atoms with E-state index in [1.807, 2.05) is 5.38 Å². The average Bonchev–Trinajstić information content (AvgIpc) is 3.23. The summed E-state index contributed by atoms with van der Waals surface area (Å²) in [7, 11) is 0. The topological polar surface area (TPSA) is 61.3 Å². The molecule has 4 rings (SSSR count). The lowest BCUT2D eigenvalue weighted by Gasteiger charge is -2.10. The quantitative estimate of drug-likeness (QED) is 0.396. The maximum Gasteiger partial charge on any atom is 0.342 e. The number of ether oxygens (including phenoxy) is 2. The Hall–Kier alpha value is -3.58. The number of rotatable bonds is 6. The van der Waals surface area contributed by atoms with E-state index in [4.69, 9.17) is 9.47 Å². The molecule has 0 N–H and O–H groups in total. The zero-order valence-corrected chi connectivity index (χ0v) is 15.9. The van der Waals surface area contributed by atoms with Crippen LogP contribution in [-0.2, 0) is 11.3 Å². The van der Waals surface area contributed by atoms with Crippen LogP contribution in [0.25, 0.3) is 10.6 Å². The Morgan fingerprint density at radius 2 is 1.86 bits per heavy atom. The first-order valence-electron chi connectivity index (χ1n) is 8.73. The molecule has 5 nitrogen and oxygen atoms in total. The minimum absolute atomic E-state index is 0.0256. The zero-order chi connectivity index (χ0) is 20.1. The fraction of sp³-hybridized carbons (Fsp3) is 0.0455. The molecule has 0 aliphatic carbocycles. The van der Waals surface area contributed by atoms with Crippen LogP contribution < -0.4 is 4.74 Å². The molecule has 0 spiro atoms. The van der Waals surface area contributed by atoms with Crippen LogP contribution >= 0.6 is 11.3 Å². The van der Waals surface area contributed by atoms with Gasteiger partial charge in [-0.2, -0.15) is 0 Å². The van der Waals surface area contributed by atoms with Crippen molar-refractivity contribution >= 4 is 17.3 Å². The first-order valence-corrected chi connectivity index (χ1v) is 9.61. The molecule has 0 bridgehead atoms. The monoisotopic (exact) mass is 406 g/mol. The lowest BCUT2D eigenvalue weighted by Crippen LogP contribution is -2.07. The van der Waals surface area contributed by atoms with Gasteiger partial charge < -0.3 is 9.47 Å². The maximum absolute atomic E-state index is 13.1. The average molecular weight is 406 g/mol. The van der Waals surface area contributed by atoms with Crippen LogP contribution in [-0.4, -0.2) is 15.9 Å². The van der Waals surface area contributed by atoms with Gasteiger partial charge in [0.2, 0.25) is 0 Å². The molecule has 0 saturated carbocycles. The number of esters is 1. The summed E-state index contributed by atoms with van der Waals surface area (Å²) in [6, 6.07) is 16.4. The molecular formula is C22H15FN2O3S. The minimum Gasteiger partial charge on any atom is -0.455 e. The number of hydrogen-bond acceptors (Lipinski definition) is 6. The molecule has 2 aromatic heterocycles. The number of carbonyl (C=O) groups is 1. The Balaban J connectivity index is 1.43. The fourth-order valence-corrected chi connectivity index (χ4v) is 3.38. The molecule has 0 fully saturated rings. The second kappa shape index (κ2) is 8.62. The lowest BCUT2D eigenvalue weighted by atomic mass is 10.2.